The molecule has 0 bridgehead atoms. The first kappa shape index (κ1) is 16.2. The fraction of sp³-hybridized carbons (Fsp3) is 0.176. The number of nitrogens with zero attached hydrogens (tertiary/aromatic N) is 3. The van der Waals surface area contributed by atoms with Crippen LogP contribution in [0.3, 0.4) is 0 Å². The highest BCUT2D eigenvalue weighted by Gasteiger charge is 2.02. The van der Waals surface area contributed by atoms with Crippen molar-refractivity contribution in [1.82, 2.24) is 20.3 Å². The van der Waals surface area contributed by atoms with E-state index in [9.17, 15) is 0 Å². The summed E-state index contributed by atoms with van der Waals surface area (Å²) in [6.45, 7) is 3.64. The molecule has 0 saturated heterocycles. The SMILES string of the molecule is Cc1ccc(CNCc2cnn(-c3ccccc3)n2)cc1.Cl. The Balaban J connectivity index is 0.00000176. The summed E-state index contributed by atoms with van der Waals surface area (Å²) in [4.78, 5) is 1.66. The zero-order chi connectivity index (χ0) is 14.5. The summed E-state index contributed by atoms with van der Waals surface area (Å²) in [5, 5.41) is 12.1. The Morgan fingerprint density at radius 2 is 1.68 bits per heavy atom. The molecule has 0 amide bonds. The molecule has 5 heteroatoms. The van der Waals surface area contributed by atoms with E-state index < -0.39 is 0 Å². The smallest absolute Gasteiger partial charge is 0.0969 e. The van der Waals surface area contributed by atoms with Gasteiger partial charge in [0.15, 0.2) is 0 Å². The topological polar surface area (TPSA) is 42.7 Å². The Morgan fingerprint density at radius 1 is 0.955 bits per heavy atom. The van der Waals surface area contributed by atoms with Crippen molar-refractivity contribution in [2.24, 2.45) is 0 Å². The average molecular weight is 315 g/mol. The molecular weight excluding hydrogens is 296 g/mol. The van der Waals surface area contributed by atoms with Crippen LogP contribution in [-0.4, -0.2) is 15.0 Å². The lowest BCUT2D eigenvalue weighted by atomic mass is 10.1. The molecule has 0 aliphatic heterocycles. The predicted molar refractivity (Wildman–Crippen MR) is 90.3 cm³/mol. The summed E-state index contributed by atoms with van der Waals surface area (Å²) in [6, 6.07) is 18.5. The molecule has 2 aromatic carbocycles. The first-order valence-electron chi connectivity index (χ1n) is 7.04. The van der Waals surface area contributed by atoms with Crippen molar-refractivity contribution < 1.29 is 0 Å². The van der Waals surface area contributed by atoms with E-state index >= 15 is 0 Å². The molecular formula is C17H19ClN4. The standard InChI is InChI=1S/C17H18N4.ClH/c1-14-7-9-15(10-8-14)11-18-12-16-13-19-21(20-16)17-5-3-2-4-6-17;/h2-10,13,18H,11-12H2,1H3;1H. The number of hydrogen-bond acceptors (Lipinski definition) is 3. The number of para-hydroxylation sites is 1. The van der Waals surface area contributed by atoms with Crippen molar-refractivity contribution in [3.63, 3.8) is 0 Å². The first-order valence-corrected chi connectivity index (χ1v) is 7.04. The van der Waals surface area contributed by atoms with Crippen LogP contribution in [0.2, 0.25) is 0 Å². The van der Waals surface area contributed by atoms with Crippen LogP contribution in [0.25, 0.3) is 5.69 Å². The molecule has 3 rings (SSSR count). The van der Waals surface area contributed by atoms with E-state index in [0.717, 1.165) is 17.9 Å². The number of aromatic nitrogens is 3. The third-order valence-corrected chi connectivity index (χ3v) is 3.28. The normalized spacial score (nSPS) is 10.2. The summed E-state index contributed by atoms with van der Waals surface area (Å²) < 4.78 is 0. The second kappa shape index (κ2) is 7.73. The Kier molecular flexibility index (Phi) is 5.69. The van der Waals surface area contributed by atoms with Crippen LogP contribution in [-0.2, 0) is 13.1 Å². The molecule has 0 atom stereocenters. The van der Waals surface area contributed by atoms with Crippen molar-refractivity contribution in [2.75, 3.05) is 0 Å². The monoisotopic (exact) mass is 314 g/mol. The minimum Gasteiger partial charge on any atom is -0.307 e. The molecule has 0 aliphatic rings. The highest BCUT2D eigenvalue weighted by molar-refractivity contribution is 5.85. The summed E-state index contributed by atoms with van der Waals surface area (Å²) in [7, 11) is 0. The molecule has 0 fully saturated rings. The van der Waals surface area contributed by atoms with Gasteiger partial charge in [-0.15, -0.1) is 12.4 Å². The molecule has 3 aromatic rings. The molecule has 1 heterocycles. The second-order valence-corrected chi connectivity index (χ2v) is 5.05. The van der Waals surface area contributed by atoms with Crippen molar-refractivity contribution >= 4 is 12.4 Å². The van der Waals surface area contributed by atoms with E-state index in [0.29, 0.717) is 6.54 Å². The van der Waals surface area contributed by atoms with Gasteiger partial charge in [0.2, 0.25) is 0 Å². The zero-order valence-corrected chi connectivity index (χ0v) is 13.3. The van der Waals surface area contributed by atoms with Crippen LogP contribution in [0.15, 0.2) is 60.8 Å². The largest absolute Gasteiger partial charge is 0.307 e. The molecule has 1 aromatic heterocycles. The minimum absolute atomic E-state index is 0. The molecule has 114 valence electrons. The van der Waals surface area contributed by atoms with Crippen LogP contribution in [0, 0.1) is 6.92 Å². The Morgan fingerprint density at radius 3 is 2.41 bits per heavy atom. The van der Waals surface area contributed by atoms with Gasteiger partial charge < -0.3 is 5.32 Å². The number of nitrogens with one attached hydrogen (secondary N) is 1. The number of aryl methyl sites for hydroxylation is 1. The van der Waals surface area contributed by atoms with Gasteiger partial charge in [-0.3, -0.25) is 0 Å². The average Bonchev–Trinajstić information content (AvgIpc) is 2.99. The quantitative estimate of drug-likeness (QED) is 0.786. The van der Waals surface area contributed by atoms with Crippen LogP contribution >= 0.6 is 12.4 Å². The van der Waals surface area contributed by atoms with Gasteiger partial charge in [-0.25, -0.2) is 0 Å². The maximum atomic E-state index is 4.47. The zero-order valence-electron chi connectivity index (χ0n) is 12.4. The van der Waals surface area contributed by atoms with Gasteiger partial charge in [-0.05, 0) is 24.6 Å². The van der Waals surface area contributed by atoms with E-state index in [2.05, 4.69) is 46.7 Å². The van der Waals surface area contributed by atoms with Gasteiger partial charge in [-0.2, -0.15) is 15.0 Å². The van der Waals surface area contributed by atoms with Gasteiger partial charge in [0.25, 0.3) is 0 Å². The Hall–Kier alpha value is -2.17. The van der Waals surface area contributed by atoms with Crippen LogP contribution in [0.5, 0.6) is 0 Å². The van der Waals surface area contributed by atoms with E-state index in [-0.39, 0.29) is 12.4 Å². The van der Waals surface area contributed by atoms with E-state index in [1.54, 1.807) is 11.0 Å². The van der Waals surface area contributed by atoms with E-state index in [1.165, 1.54) is 11.1 Å². The number of hydrogen-bond donors (Lipinski definition) is 1. The van der Waals surface area contributed by atoms with Crippen molar-refractivity contribution in [2.45, 2.75) is 20.0 Å². The number of rotatable bonds is 5. The third-order valence-electron chi connectivity index (χ3n) is 3.28. The molecule has 0 radical (unpaired) electrons. The van der Waals surface area contributed by atoms with Crippen LogP contribution in [0.4, 0.5) is 0 Å². The van der Waals surface area contributed by atoms with E-state index in [4.69, 9.17) is 0 Å². The van der Waals surface area contributed by atoms with Crippen molar-refractivity contribution in [1.29, 1.82) is 0 Å². The van der Waals surface area contributed by atoms with Gasteiger partial charge in [0.1, 0.15) is 0 Å². The van der Waals surface area contributed by atoms with Gasteiger partial charge >= 0.3 is 0 Å². The fourth-order valence-electron chi connectivity index (χ4n) is 2.10. The maximum Gasteiger partial charge on any atom is 0.0969 e. The lowest BCUT2D eigenvalue weighted by molar-refractivity contribution is 0.662. The van der Waals surface area contributed by atoms with Gasteiger partial charge in [0.05, 0.1) is 17.6 Å². The predicted octanol–water partition coefficient (Wildman–Crippen LogP) is 3.29. The van der Waals surface area contributed by atoms with Crippen molar-refractivity contribution in [3.05, 3.63) is 77.6 Å². The second-order valence-electron chi connectivity index (χ2n) is 5.05. The van der Waals surface area contributed by atoms with Crippen molar-refractivity contribution in [3.8, 4) is 5.69 Å². The van der Waals surface area contributed by atoms with Crippen LogP contribution < -0.4 is 5.32 Å². The van der Waals surface area contributed by atoms with Crippen LogP contribution in [0.1, 0.15) is 16.8 Å². The molecule has 22 heavy (non-hydrogen) atoms. The van der Waals surface area contributed by atoms with Gasteiger partial charge in [-0.1, -0.05) is 48.0 Å². The fourth-order valence-corrected chi connectivity index (χ4v) is 2.10. The third kappa shape index (κ3) is 4.16. The summed E-state index contributed by atoms with van der Waals surface area (Å²) in [5.74, 6) is 0. The lowest BCUT2D eigenvalue weighted by Gasteiger charge is -2.03. The molecule has 1 N–H and O–H groups in total. The Labute approximate surface area is 136 Å². The maximum absolute atomic E-state index is 4.47. The molecule has 0 saturated carbocycles. The molecule has 4 nitrogen and oxygen atoms in total. The molecule has 0 spiro atoms. The number of benzene rings is 2. The van der Waals surface area contributed by atoms with E-state index in [1.807, 2.05) is 30.3 Å². The first-order chi connectivity index (χ1) is 10.3. The lowest BCUT2D eigenvalue weighted by Crippen LogP contribution is -2.13. The molecule has 0 unspecified atom stereocenters. The Bertz CT molecular complexity index is 692. The highest BCUT2D eigenvalue weighted by Crippen LogP contribution is 2.05. The summed E-state index contributed by atoms with van der Waals surface area (Å²) in [5.41, 5.74) is 4.47. The summed E-state index contributed by atoms with van der Waals surface area (Å²) in [6.07, 6.45) is 1.80. The minimum atomic E-state index is 0. The highest BCUT2D eigenvalue weighted by atomic mass is 35.5. The number of halogens is 1. The summed E-state index contributed by atoms with van der Waals surface area (Å²) >= 11 is 0. The molecule has 0 aliphatic carbocycles. The van der Waals surface area contributed by atoms with Gasteiger partial charge in [0, 0.05) is 13.1 Å².